The lowest BCUT2D eigenvalue weighted by atomic mass is 9.88. The van der Waals surface area contributed by atoms with E-state index >= 15 is 0 Å². The van der Waals surface area contributed by atoms with Gasteiger partial charge in [-0.05, 0) is 41.8 Å². The molecule has 1 aliphatic rings. The van der Waals surface area contributed by atoms with Crippen molar-refractivity contribution in [2.75, 3.05) is 6.61 Å². The van der Waals surface area contributed by atoms with Gasteiger partial charge in [0, 0.05) is 24.0 Å². The van der Waals surface area contributed by atoms with Crippen molar-refractivity contribution in [3.63, 3.8) is 0 Å². The van der Waals surface area contributed by atoms with Crippen molar-refractivity contribution in [1.82, 2.24) is 15.6 Å². The Bertz CT molecular complexity index is 1200. The summed E-state index contributed by atoms with van der Waals surface area (Å²) in [6.07, 6.45) is 3.26. The van der Waals surface area contributed by atoms with Crippen LogP contribution in [-0.2, 0) is 0 Å². The van der Waals surface area contributed by atoms with Crippen LogP contribution in [0.25, 0.3) is 11.3 Å². The highest BCUT2D eigenvalue weighted by Gasteiger charge is 2.32. The van der Waals surface area contributed by atoms with E-state index in [-0.39, 0.29) is 12.4 Å². The van der Waals surface area contributed by atoms with Crippen LogP contribution in [-0.4, -0.2) is 27.7 Å². The monoisotopic (exact) mass is 432 g/mol. The predicted molar refractivity (Wildman–Crippen MR) is 118 cm³/mol. The SMILES string of the molecule is CCOc1cc(C2NC(=O)NC(c3ccccc3)=C2c2ccncc2)cc([N+](=O)[O-])c1O. The second-order valence-corrected chi connectivity index (χ2v) is 7.00. The van der Waals surface area contributed by atoms with E-state index in [1.165, 1.54) is 12.1 Å². The number of amides is 2. The van der Waals surface area contributed by atoms with Crippen molar-refractivity contribution in [1.29, 1.82) is 0 Å². The molecule has 3 N–H and O–H groups in total. The van der Waals surface area contributed by atoms with Gasteiger partial charge in [-0.2, -0.15) is 0 Å². The Morgan fingerprint density at radius 1 is 1.12 bits per heavy atom. The van der Waals surface area contributed by atoms with Crippen molar-refractivity contribution in [2.45, 2.75) is 13.0 Å². The minimum absolute atomic E-state index is 0.0279. The molecule has 32 heavy (non-hydrogen) atoms. The highest BCUT2D eigenvalue weighted by Crippen LogP contribution is 2.43. The van der Waals surface area contributed by atoms with E-state index in [9.17, 15) is 20.0 Å². The quantitative estimate of drug-likeness (QED) is 0.399. The largest absolute Gasteiger partial charge is 0.500 e. The van der Waals surface area contributed by atoms with Crippen molar-refractivity contribution in [3.05, 3.63) is 93.8 Å². The van der Waals surface area contributed by atoms with Gasteiger partial charge in [0.15, 0.2) is 5.75 Å². The van der Waals surface area contributed by atoms with Crippen LogP contribution < -0.4 is 15.4 Å². The standard InChI is InChI=1S/C23H20N4O5/c1-2-32-18-13-16(12-17(22(18)28)27(30)31)21-19(14-8-10-24-11-9-14)20(25-23(29)26-21)15-6-4-3-5-7-15/h3-13,21,28H,2H2,1H3,(H2,25,26,29). The maximum Gasteiger partial charge on any atom is 0.320 e. The second-order valence-electron chi connectivity index (χ2n) is 7.00. The molecular weight excluding hydrogens is 412 g/mol. The summed E-state index contributed by atoms with van der Waals surface area (Å²) in [5.41, 5.74) is 2.70. The van der Waals surface area contributed by atoms with Gasteiger partial charge in [-0.3, -0.25) is 15.1 Å². The molecule has 2 aromatic carbocycles. The van der Waals surface area contributed by atoms with Crippen LogP contribution >= 0.6 is 0 Å². The van der Waals surface area contributed by atoms with Crippen LogP contribution in [0.5, 0.6) is 11.5 Å². The summed E-state index contributed by atoms with van der Waals surface area (Å²) in [6, 6.07) is 14.4. The lowest BCUT2D eigenvalue weighted by Gasteiger charge is -2.31. The number of nitrogens with one attached hydrogen (secondary N) is 2. The van der Waals surface area contributed by atoms with Crippen molar-refractivity contribution < 1.29 is 19.6 Å². The molecule has 2 heterocycles. The van der Waals surface area contributed by atoms with Gasteiger partial charge in [0.25, 0.3) is 0 Å². The zero-order chi connectivity index (χ0) is 22.7. The molecule has 0 spiro atoms. The number of nitrogens with zero attached hydrogens (tertiary/aromatic N) is 2. The topological polar surface area (TPSA) is 127 Å². The van der Waals surface area contributed by atoms with Crippen LogP contribution in [0.2, 0.25) is 0 Å². The number of carbonyl (C=O) groups excluding carboxylic acids is 1. The number of hydrogen-bond acceptors (Lipinski definition) is 6. The first-order valence-corrected chi connectivity index (χ1v) is 9.91. The Hall–Kier alpha value is -4.40. The highest BCUT2D eigenvalue weighted by molar-refractivity contribution is 6.03. The number of phenols is 1. The van der Waals surface area contributed by atoms with Gasteiger partial charge in [-0.1, -0.05) is 30.3 Å². The normalized spacial score (nSPS) is 15.7. The molecule has 0 radical (unpaired) electrons. The number of hydrogen-bond donors (Lipinski definition) is 3. The molecule has 1 atom stereocenters. The fraction of sp³-hybridized carbons (Fsp3) is 0.130. The second kappa shape index (κ2) is 8.76. The average Bonchev–Trinajstić information content (AvgIpc) is 2.81. The van der Waals surface area contributed by atoms with Crippen LogP contribution in [0.4, 0.5) is 10.5 Å². The summed E-state index contributed by atoms with van der Waals surface area (Å²) in [4.78, 5) is 27.6. The van der Waals surface area contributed by atoms with Gasteiger partial charge in [0.1, 0.15) is 0 Å². The average molecular weight is 432 g/mol. The van der Waals surface area contributed by atoms with Crippen LogP contribution in [0.15, 0.2) is 67.0 Å². The van der Waals surface area contributed by atoms with Gasteiger partial charge in [-0.15, -0.1) is 0 Å². The summed E-state index contributed by atoms with van der Waals surface area (Å²) < 4.78 is 5.43. The molecule has 2 amide bonds. The molecule has 9 heteroatoms. The molecule has 1 unspecified atom stereocenters. The number of ether oxygens (including phenoxy) is 1. The van der Waals surface area contributed by atoms with E-state index < -0.39 is 28.4 Å². The van der Waals surface area contributed by atoms with Gasteiger partial charge in [0.05, 0.1) is 23.3 Å². The minimum Gasteiger partial charge on any atom is -0.500 e. The summed E-state index contributed by atoms with van der Waals surface area (Å²) in [7, 11) is 0. The number of carbonyl (C=O) groups is 1. The molecule has 9 nitrogen and oxygen atoms in total. The summed E-state index contributed by atoms with van der Waals surface area (Å²) in [6.45, 7) is 1.91. The summed E-state index contributed by atoms with van der Waals surface area (Å²) >= 11 is 0. The summed E-state index contributed by atoms with van der Waals surface area (Å²) in [5.74, 6) is -0.585. The molecule has 4 rings (SSSR count). The number of pyridine rings is 1. The molecule has 0 aliphatic carbocycles. The number of rotatable bonds is 6. The third kappa shape index (κ3) is 3.95. The van der Waals surface area contributed by atoms with Crippen molar-refractivity contribution in [3.8, 4) is 11.5 Å². The lowest BCUT2D eigenvalue weighted by molar-refractivity contribution is -0.386. The Labute approximate surface area is 183 Å². The van der Waals surface area contributed by atoms with Crippen molar-refractivity contribution in [2.24, 2.45) is 0 Å². The molecule has 0 bridgehead atoms. The molecule has 0 saturated heterocycles. The molecule has 162 valence electrons. The van der Waals surface area contributed by atoms with E-state index in [1.54, 1.807) is 31.5 Å². The zero-order valence-electron chi connectivity index (χ0n) is 17.1. The number of nitro groups is 1. The fourth-order valence-electron chi connectivity index (χ4n) is 3.67. The van der Waals surface area contributed by atoms with E-state index in [2.05, 4.69) is 15.6 Å². The van der Waals surface area contributed by atoms with Gasteiger partial charge >= 0.3 is 11.7 Å². The number of benzene rings is 2. The molecule has 3 aromatic rings. The Balaban J connectivity index is 1.98. The van der Waals surface area contributed by atoms with E-state index in [1.807, 2.05) is 30.3 Å². The lowest BCUT2D eigenvalue weighted by Crippen LogP contribution is -2.43. The van der Waals surface area contributed by atoms with Gasteiger partial charge in [0.2, 0.25) is 5.75 Å². The van der Waals surface area contributed by atoms with Crippen LogP contribution in [0, 0.1) is 10.1 Å². The van der Waals surface area contributed by atoms with Gasteiger partial charge < -0.3 is 20.5 Å². The fourth-order valence-corrected chi connectivity index (χ4v) is 3.67. The third-order valence-corrected chi connectivity index (χ3v) is 5.03. The number of phenolic OH excluding ortho intramolecular Hbond substituents is 1. The predicted octanol–water partition coefficient (Wildman–Crippen LogP) is 4.02. The smallest absolute Gasteiger partial charge is 0.320 e. The first-order valence-electron chi connectivity index (χ1n) is 9.91. The number of urea groups is 1. The Kier molecular flexibility index (Phi) is 5.71. The maximum atomic E-state index is 12.6. The first-order chi connectivity index (χ1) is 15.5. The Morgan fingerprint density at radius 2 is 1.84 bits per heavy atom. The minimum atomic E-state index is -0.750. The molecular formula is C23H20N4O5. The molecule has 0 fully saturated rings. The highest BCUT2D eigenvalue weighted by atomic mass is 16.6. The number of aromatic hydroxyl groups is 1. The van der Waals surface area contributed by atoms with E-state index in [4.69, 9.17) is 4.74 Å². The van der Waals surface area contributed by atoms with E-state index in [0.29, 0.717) is 16.8 Å². The molecule has 1 aliphatic heterocycles. The first kappa shape index (κ1) is 20.9. The molecule has 1 aromatic heterocycles. The molecule has 0 saturated carbocycles. The van der Waals surface area contributed by atoms with Crippen LogP contribution in [0.1, 0.15) is 29.7 Å². The Morgan fingerprint density at radius 3 is 2.50 bits per heavy atom. The number of aromatic nitrogens is 1. The number of nitro benzene ring substituents is 1. The zero-order valence-corrected chi connectivity index (χ0v) is 17.1. The summed E-state index contributed by atoms with van der Waals surface area (Å²) in [5, 5.41) is 27.6. The van der Waals surface area contributed by atoms with Gasteiger partial charge in [-0.25, -0.2) is 4.79 Å². The maximum absolute atomic E-state index is 12.6. The van der Waals surface area contributed by atoms with Crippen molar-refractivity contribution >= 4 is 23.0 Å². The third-order valence-electron chi connectivity index (χ3n) is 5.03. The van der Waals surface area contributed by atoms with E-state index in [0.717, 1.165) is 11.1 Å². The van der Waals surface area contributed by atoms with Crippen LogP contribution in [0.3, 0.4) is 0 Å².